The molecule has 0 saturated carbocycles. The Morgan fingerprint density at radius 1 is 0.0916 bits per heavy atom. The van der Waals surface area contributed by atoms with Crippen LogP contribution in [0.5, 0.6) is 0 Å². The second-order valence-electron chi connectivity index (χ2n) is 34.8. The molecule has 29 aromatic carbocycles. The highest BCUT2D eigenvalue weighted by Gasteiger charge is 2.21. The van der Waals surface area contributed by atoms with Gasteiger partial charge in [-0.2, -0.15) is 0 Å². The van der Waals surface area contributed by atoms with Crippen molar-refractivity contribution in [1.82, 2.24) is 0 Å². The maximum atomic E-state index is 2.37. The monoisotopic (exact) mass is 1660 g/mol. The van der Waals surface area contributed by atoms with Crippen LogP contribution in [0.25, 0.3) is 248 Å². The fraction of sp³-hybridized carbons (Fsp3) is 0.00763. The molecule has 0 fully saturated rings. The van der Waals surface area contributed by atoms with Crippen molar-refractivity contribution in [3.05, 3.63) is 509 Å². The van der Waals surface area contributed by atoms with Crippen LogP contribution in [0, 0.1) is 0 Å². The highest BCUT2D eigenvalue weighted by Crippen LogP contribution is 2.48. The fourth-order valence-corrected chi connectivity index (χ4v) is 22.1. The minimum Gasteiger partial charge on any atom is -0.0619 e. The van der Waals surface area contributed by atoms with Gasteiger partial charge in [-0.15, -0.1) is 0 Å². The van der Waals surface area contributed by atoms with E-state index in [-0.39, 0.29) is 0 Å². The number of hydrogen-bond donors (Lipinski definition) is 0. The molecule has 0 heterocycles. The lowest BCUT2D eigenvalue weighted by Gasteiger charge is -2.16. The first kappa shape index (κ1) is 76.5. The van der Waals surface area contributed by atoms with Gasteiger partial charge < -0.3 is 0 Å². The molecule has 0 radical (unpaired) electrons. The molecule has 0 nitrogen and oxygen atoms in total. The molecule has 30 rings (SSSR count). The topological polar surface area (TPSA) is 0 Å². The van der Waals surface area contributed by atoms with Gasteiger partial charge in [0, 0.05) is 0 Å². The van der Waals surface area contributed by atoms with Crippen molar-refractivity contribution < 1.29 is 0 Å². The zero-order valence-corrected chi connectivity index (χ0v) is 72.0. The van der Waals surface area contributed by atoms with Crippen molar-refractivity contribution >= 4 is 237 Å². The van der Waals surface area contributed by atoms with Crippen molar-refractivity contribution in [2.45, 2.75) is 6.42 Å². The van der Waals surface area contributed by atoms with E-state index < -0.39 is 0 Å². The third kappa shape index (κ3) is 12.9. The predicted octanol–water partition coefficient (Wildman–Crippen LogP) is 37.1. The van der Waals surface area contributed by atoms with E-state index in [9.17, 15) is 0 Å². The quantitative estimate of drug-likeness (QED) is 0.105. The molecule has 0 spiro atoms. The van der Waals surface area contributed by atoms with Crippen molar-refractivity contribution in [2.75, 3.05) is 0 Å². The van der Waals surface area contributed by atoms with E-state index >= 15 is 0 Å². The molecular formula is C131H84. The summed E-state index contributed by atoms with van der Waals surface area (Å²) in [5.74, 6) is 0. The molecule has 0 bridgehead atoms. The molecular weight excluding hydrogens is 1570 g/mol. The van der Waals surface area contributed by atoms with E-state index in [0.29, 0.717) is 0 Å². The first-order valence-electron chi connectivity index (χ1n) is 45.6. The predicted molar refractivity (Wildman–Crippen MR) is 572 cm³/mol. The third-order valence-corrected chi connectivity index (χ3v) is 27.8. The first-order chi connectivity index (χ1) is 65.1. The Morgan fingerprint density at radius 3 is 0.511 bits per heavy atom. The van der Waals surface area contributed by atoms with Gasteiger partial charge in [0.25, 0.3) is 0 Å². The lowest BCUT2D eigenvalue weighted by molar-refractivity contribution is 1.26. The third-order valence-electron chi connectivity index (χ3n) is 27.8. The van der Waals surface area contributed by atoms with E-state index in [1.807, 2.05) is 0 Å². The van der Waals surface area contributed by atoms with E-state index in [1.165, 1.54) is 259 Å². The summed E-state index contributed by atoms with van der Waals surface area (Å²) in [4.78, 5) is 0. The van der Waals surface area contributed by atoms with Gasteiger partial charge in [0.05, 0.1) is 0 Å². The molecule has 0 saturated heterocycles. The molecule has 29 aromatic rings. The molecule has 131 heavy (non-hydrogen) atoms. The number of rotatable bonds is 0. The van der Waals surface area contributed by atoms with Crippen LogP contribution >= 0.6 is 0 Å². The normalized spacial score (nSPS) is 11.8. The summed E-state index contributed by atoms with van der Waals surface area (Å²) in [5, 5.41) is 58.7. The van der Waals surface area contributed by atoms with Gasteiger partial charge in [-0.1, -0.05) is 485 Å². The zero-order valence-electron chi connectivity index (χ0n) is 72.0. The average Bonchev–Trinajstić information content (AvgIpc) is 1.13. The summed E-state index contributed by atoms with van der Waals surface area (Å²) in [5.41, 5.74) is 5.75. The molecule has 0 aromatic heterocycles. The Kier molecular flexibility index (Phi) is 18.8. The van der Waals surface area contributed by atoms with Crippen molar-refractivity contribution in [2.24, 2.45) is 0 Å². The van der Waals surface area contributed by atoms with Crippen LogP contribution in [-0.4, -0.2) is 0 Å². The lowest BCUT2D eigenvalue weighted by Crippen LogP contribution is -1.87. The van der Waals surface area contributed by atoms with Crippen LogP contribution in [0.3, 0.4) is 0 Å². The summed E-state index contributed by atoms with van der Waals surface area (Å²) >= 11 is 0. The summed E-state index contributed by atoms with van der Waals surface area (Å²) in [7, 11) is 0. The Balaban J connectivity index is 0.0000000857. The minimum absolute atomic E-state index is 1.10. The van der Waals surface area contributed by atoms with Crippen molar-refractivity contribution in [1.29, 1.82) is 0 Å². The summed E-state index contributed by atoms with van der Waals surface area (Å²) in [6.45, 7) is 0. The van der Waals surface area contributed by atoms with Crippen LogP contribution in [-0.2, 0) is 6.42 Å². The van der Waals surface area contributed by atoms with Crippen LogP contribution in [0.4, 0.5) is 0 Å². The second kappa shape index (κ2) is 32.2. The standard InChI is InChI=1S/3C26H16.C22H14.C18H12.C13H10/c1-5-13-21-17(9-1)18-10-2-6-14-22(18)26-24-16-8-4-12-20(24)19-11-3-7-15-23(19)25(21)26;1-3-9-19-17(7-1)13-15-23-21-11-5-6-12-22(21)24-16-14-18-8-2-4-10-20(18)26(24)25(19)23;1-2-9-19-16-25-24(15-18(19)8-1)22-12-6-5-11-21(22)23-14-13-17-7-3-4-10-20(17)26(23)25;1-2-8-16-15(7-1)13-14-21-19-11-4-3-9-17(19)18-10-5-6-12-20(18)22(16)21;1-2-8-14-13(7-1)15-9-3-4-11-17(15)18-12-6-5-10-16(14)18;1-3-7-12-10(5-1)9-11-6-2-4-8-13(11)12/h3*1-16H;1-14H;1-12H;1-8H,9H2. The summed E-state index contributed by atoms with van der Waals surface area (Å²) in [6, 6.07) is 180. The largest absolute Gasteiger partial charge is 0.0619 e. The highest BCUT2D eigenvalue weighted by molar-refractivity contribution is 6.41. The molecule has 0 unspecified atom stereocenters. The Morgan fingerprint density at radius 2 is 0.244 bits per heavy atom. The van der Waals surface area contributed by atoms with Crippen LogP contribution < -0.4 is 0 Å². The molecule has 0 atom stereocenters. The van der Waals surface area contributed by atoms with Gasteiger partial charge in [0.2, 0.25) is 0 Å². The smallest absolute Gasteiger partial charge is 0.00135 e. The van der Waals surface area contributed by atoms with Crippen molar-refractivity contribution in [3.63, 3.8) is 0 Å². The number of hydrogen-bond acceptors (Lipinski definition) is 0. The molecule has 608 valence electrons. The van der Waals surface area contributed by atoms with Gasteiger partial charge in [-0.3, -0.25) is 0 Å². The fourth-order valence-electron chi connectivity index (χ4n) is 22.1. The highest BCUT2D eigenvalue weighted by atomic mass is 14.2. The van der Waals surface area contributed by atoms with Crippen LogP contribution in [0.15, 0.2) is 497 Å². The van der Waals surface area contributed by atoms with Crippen molar-refractivity contribution in [3.8, 4) is 11.1 Å². The van der Waals surface area contributed by atoms with E-state index in [4.69, 9.17) is 0 Å². The minimum atomic E-state index is 1.10. The molecule has 1 aliphatic rings. The average molecular weight is 1660 g/mol. The summed E-state index contributed by atoms with van der Waals surface area (Å²) < 4.78 is 0. The Hall–Kier alpha value is -16.9. The summed E-state index contributed by atoms with van der Waals surface area (Å²) in [6.07, 6.45) is 1.10. The molecule has 0 aliphatic heterocycles. The SMILES string of the molecule is c1ccc2c(c1)Cc1ccccc1-2.c1ccc2c(c1)c1ccccc1c1c3ccccc3c3ccccc3c21.c1ccc2c(c1)c1ccccc1c1ccccc21.c1ccc2c(c1)ccc1c3ccccc3c3ccc4ccccc4c3c21.c1ccc2c(c1)ccc1c3ccccc3c3ccccc3c21.c1ccc2cc3c(cc2c1)c1ccccc1c1ccc2ccccc2c13. The second-order valence-corrected chi connectivity index (χ2v) is 34.8. The van der Waals surface area contributed by atoms with E-state index in [2.05, 4.69) is 497 Å². The van der Waals surface area contributed by atoms with Gasteiger partial charge in [0.15, 0.2) is 0 Å². The number of benzene rings is 29. The molecule has 1 aliphatic carbocycles. The van der Waals surface area contributed by atoms with E-state index in [1.54, 1.807) is 0 Å². The molecule has 0 N–H and O–H groups in total. The first-order valence-corrected chi connectivity index (χ1v) is 45.6. The van der Waals surface area contributed by atoms with E-state index in [0.717, 1.165) is 6.42 Å². The van der Waals surface area contributed by atoms with Gasteiger partial charge in [-0.05, 0) is 278 Å². The van der Waals surface area contributed by atoms with Gasteiger partial charge >= 0.3 is 0 Å². The maximum absolute atomic E-state index is 2.37. The Labute approximate surface area is 757 Å². The number of fused-ring (bicyclic) bond motifs is 47. The van der Waals surface area contributed by atoms with Crippen LogP contribution in [0.2, 0.25) is 0 Å². The van der Waals surface area contributed by atoms with Gasteiger partial charge in [0.1, 0.15) is 0 Å². The van der Waals surface area contributed by atoms with Crippen LogP contribution in [0.1, 0.15) is 11.1 Å². The maximum Gasteiger partial charge on any atom is -0.00135 e. The molecule has 0 amide bonds. The lowest BCUT2D eigenvalue weighted by atomic mass is 9.87. The zero-order chi connectivity index (χ0) is 86.4. The molecule has 0 heteroatoms. The Bertz CT molecular complexity index is 8900. The van der Waals surface area contributed by atoms with Gasteiger partial charge in [-0.25, -0.2) is 0 Å².